The fraction of sp³-hybridized carbons (Fsp3) is 0.308. The Hall–Kier alpha value is -1.57. The number of fused-ring (bicyclic) bond motifs is 1. The number of carbonyl (C=O) groups is 1. The van der Waals surface area contributed by atoms with Crippen LogP contribution in [0.1, 0.15) is 35.7 Å². The van der Waals surface area contributed by atoms with Crippen LogP contribution in [0.25, 0.3) is 10.9 Å². The third kappa shape index (κ3) is 1.46. The summed E-state index contributed by atoms with van der Waals surface area (Å²) in [6, 6.07) is 6.19. The Bertz CT molecular complexity index is 508. The molecule has 0 N–H and O–H groups in total. The second-order valence-electron chi connectivity index (χ2n) is 4.21. The number of benzene rings is 1. The molecule has 2 heteroatoms. The van der Waals surface area contributed by atoms with Gasteiger partial charge >= 0.3 is 0 Å². The van der Waals surface area contributed by atoms with Crippen LogP contribution in [0.15, 0.2) is 24.4 Å². The van der Waals surface area contributed by atoms with Crippen molar-refractivity contribution in [3.05, 3.63) is 35.5 Å². The normalized spacial score (nSPS) is 11.2. The fourth-order valence-corrected chi connectivity index (χ4v) is 2.08. The summed E-state index contributed by atoms with van der Waals surface area (Å²) >= 11 is 0. The predicted octanol–water partition coefficient (Wildman–Crippen LogP) is 3.11. The average Bonchev–Trinajstić information content (AvgIpc) is 2.55. The number of nitrogens with zero attached hydrogens (tertiary/aromatic N) is 1. The fourth-order valence-electron chi connectivity index (χ4n) is 2.08. The van der Waals surface area contributed by atoms with Crippen molar-refractivity contribution >= 4 is 17.2 Å². The van der Waals surface area contributed by atoms with Crippen molar-refractivity contribution in [3.8, 4) is 0 Å². The van der Waals surface area contributed by atoms with E-state index in [-0.39, 0.29) is 0 Å². The molecule has 0 amide bonds. The van der Waals surface area contributed by atoms with E-state index in [0.29, 0.717) is 5.92 Å². The first-order chi connectivity index (χ1) is 7.15. The van der Waals surface area contributed by atoms with E-state index in [4.69, 9.17) is 0 Å². The lowest BCUT2D eigenvalue weighted by Crippen LogP contribution is -1.90. The van der Waals surface area contributed by atoms with Gasteiger partial charge < -0.3 is 4.57 Å². The second-order valence-corrected chi connectivity index (χ2v) is 4.21. The lowest BCUT2D eigenvalue weighted by Gasteiger charge is -2.07. The molecule has 0 saturated heterocycles. The number of rotatable bonds is 2. The highest BCUT2D eigenvalue weighted by Crippen LogP contribution is 2.28. The molecule has 0 bridgehead atoms. The van der Waals surface area contributed by atoms with Crippen molar-refractivity contribution in [2.24, 2.45) is 7.05 Å². The molecule has 0 radical (unpaired) electrons. The smallest absolute Gasteiger partial charge is 0.152 e. The highest BCUT2D eigenvalue weighted by atomic mass is 16.1. The van der Waals surface area contributed by atoms with E-state index < -0.39 is 0 Å². The Kier molecular flexibility index (Phi) is 2.35. The number of aryl methyl sites for hydroxylation is 1. The first-order valence-corrected chi connectivity index (χ1v) is 5.18. The van der Waals surface area contributed by atoms with Gasteiger partial charge in [0.05, 0.1) is 0 Å². The Morgan fingerprint density at radius 3 is 2.67 bits per heavy atom. The van der Waals surface area contributed by atoms with Crippen LogP contribution in [0, 0.1) is 0 Å². The molecule has 0 unspecified atom stereocenters. The summed E-state index contributed by atoms with van der Waals surface area (Å²) in [5.41, 5.74) is 3.16. The maximum absolute atomic E-state index is 11.0. The van der Waals surface area contributed by atoms with E-state index in [1.165, 1.54) is 5.56 Å². The van der Waals surface area contributed by atoms with Crippen molar-refractivity contribution in [1.82, 2.24) is 4.57 Å². The molecule has 0 aliphatic rings. The molecule has 1 aromatic heterocycles. The zero-order chi connectivity index (χ0) is 11.0. The number of carbonyl (C=O) groups excluding carboxylic acids is 1. The van der Waals surface area contributed by atoms with Crippen LogP contribution < -0.4 is 0 Å². The number of aldehydes is 1. The number of aromatic nitrogens is 1. The van der Waals surface area contributed by atoms with E-state index in [1.807, 2.05) is 29.9 Å². The highest BCUT2D eigenvalue weighted by Gasteiger charge is 2.11. The molecule has 15 heavy (non-hydrogen) atoms. The van der Waals surface area contributed by atoms with E-state index in [2.05, 4.69) is 19.9 Å². The van der Waals surface area contributed by atoms with E-state index >= 15 is 0 Å². The molecule has 2 aromatic rings. The third-order valence-electron chi connectivity index (χ3n) is 2.83. The Morgan fingerprint density at radius 1 is 1.33 bits per heavy atom. The summed E-state index contributed by atoms with van der Waals surface area (Å²) in [6.07, 6.45) is 2.83. The summed E-state index contributed by atoms with van der Waals surface area (Å²) in [7, 11) is 1.97. The van der Waals surface area contributed by atoms with E-state index in [1.54, 1.807) is 0 Å². The molecule has 0 saturated carbocycles. The molecular weight excluding hydrogens is 186 g/mol. The Labute approximate surface area is 89.5 Å². The van der Waals surface area contributed by atoms with Gasteiger partial charge in [-0.3, -0.25) is 4.79 Å². The minimum Gasteiger partial charge on any atom is -0.350 e. The van der Waals surface area contributed by atoms with Crippen molar-refractivity contribution < 1.29 is 4.79 Å². The number of hydrogen-bond acceptors (Lipinski definition) is 1. The lowest BCUT2D eigenvalue weighted by atomic mass is 9.97. The summed E-state index contributed by atoms with van der Waals surface area (Å²) in [4.78, 5) is 11.0. The summed E-state index contributed by atoms with van der Waals surface area (Å²) < 4.78 is 2.00. The van der Waals surface area contributed by atoms with Gasteiger partial charge in [-0.15, -0.1) is 0 Å². The van der Waals surface area contributed by atoms with Crippen LogP contribution in [-0.4, -0.2) is 10.9 Å². The maximum Gasteiger partial charge on any atom is 0.152 e. The summed E-state index contributed by atoms with van der Waals surface area (Å²) in [5.74, 6) is 0.440. The Morgan fingerprint density at radius 2 is 2.07 bits per heavy atom. The van der Waals surface area contributed by atoms with Crippen LogP contribution >= 0.6 is 0 Å². The molecular formula is C13H15NO. The van der Waals surface area contributed by atoms with Gasteiger partial charge in [0.1, 0.15) is 0 Å². The van der Waals surface area contributed by atoms with Crippen molar-refractivity contribution in [2.75, 3.05) is 0 Å². The Balaban J connectivity index is 2.88. The van der Waals surface area contributed by atoms with Gasteiger partial charge in [0.25, 0.3) is 0 Å². The molecule has 0 fully saturated rings. The topological polar surface area (TPSA) is 22.0 Å². The quantitative estimate of drug-likeness (QED) is 0.684. The van der Waals surface area contributed by atoms with Gasteiger partial charge in [0, 0.05) is 29.7 Å². The van der Waals surface area contributed by atoms with Gasteiger partial charge in [-0.05, 0) is 17.5 Å². The highest BCUT2D eigenvalue weighted by molar-refractivity contribution is 5.99. The third-order valence-corrected chi connectivity index (χ3v) is 2.83. The van der Waals surface area contributed by atoms with Crippen molar-refractivity contribution in [3.63, 3.8) is 0 Å². The van der Waals surface area contributed by atoms with Crippen LogP contribution in [0.3, 0.4) is 0 Å². The zero-order valence-corrected chi connectivity index (χ0v) is 9.32. The standard InChI is InChI=1S/C13H15NO/c1-9(2)11-5-4-6-12-13(11)10(8-15)7-14(12)3/h4-9H,1-3H3. The molecule has 78 valence electrons. The molecule has 2 nitrogen and oxygen atoms in total. The average molecular weight is 201 g/mol. The SMILES string of the molecule is CC(C)c1cccc2c1c(C=O)cn2C. The first-order valence-electron chi connectivity index (χ1n) is 5.18. The van der Waals surface area contributed by atoms with Crippen LogP contribution in [0.5, 0.6) is 0 Å². The largest absolute Gasteiger partial charge is 0.350 e. The molecule has 0 aliphatic heterocycles. The van der Waals surface area contributed by atoms with Gasteiger partial charge in [-0.25, -0.2) is 0 Å². The van der Waals surface area contributed by atoms with Crippen molar-refractivity contribution in [2.45, 2.75) is 19.8 Å². The van der Waals surface area contributed by atoms with Gasteiger partial charge in [-0.2, -0.15) is 0 Å². The molecule has 0 atom stereocenters. The van der Waals surface area contributed by atoms with Crippen LogP contribution in [-0.2, 0) is 7.05 Å². The lowest BCUT2D eigenvalue weighted by molar-refractivity contribution is 0.112. The van der Waals surface area contributed by atoms with Gasteiger partial charge in [-0.1, -0.05) is 26.0 Å². The minimum absolute atomic E-state index is 0.440. The second kappa shape index (κ2) is 3.54. The van der Waals surface area contributed by atoms with E-state index in [0.717, 1.165) is 22.8 Å². The molecule has 1 aromatic carbocycles. The summed E-state index contributed by atoms with van der Waals surface area (Å²) in [5, 5.41) is 1.10. The number of hydrogen-bond donors (Lipinski definition) is 0. The van der Waals surface area contributed by atoms with Crippen LogP contribution in [0.4, 0.5) is 0 Å². The monoisotopic (exact) mass is 201 g/mol. The van der Waals surface area contributed by atoms with Gasteiger partial charge in [0.15, 0.2) is 6.29 Å². The van der Waals surface area contributed by atoms with Gasteiger partial charge in [0.2, 0.25) is 0 Å². The molecule has 1 heterocycles. The maximum atomic E-state index is 11.0. The first kappa shape index (κ1) is 9.97. The van der Waals surface area contributed by atoms with Crippen LogP contribution in [0.2, 0.25) is 0 Å². The molecule has 0 aliphatic carbocycles. The predicted molar refractivity (Wildman–Crippen MR) is 62.4 cm³/mol. The van der Waals surface area contributed by atoms with Crippen molar-refractivity contribution in [1.29, 1.82) is 0 Å². The molecule has 2 rings (SSSR count). The minimum atomic E-state index is 0.440. The molecule has 0 spiro atoms. The zero-order valence-electron chi connectivity index (χ0n) is 9.32. The summed E-state index contributed by atoms with van der Waals surface area (Å²) in [6.45, 7) is 4.30. The van der Waals surface area contributed by atoms with E-state index in [9.17, 15) is 4.79 Å².